The van der Waals surface area contributed by atoms with Crippen LogP contribution in [0.4, 0.5) is 0 Å². The molecule has 4 heteroatoms. The van der Waals surface area contributed by atoms with Crippen LogP contribution in [0.1, 0.15) is 16.9 Å². The van der Waals surface area contributed by atoms with Crippen LogP contribution in [0.5, 0.6) is 0 Å². The minimum absolute atomic E-state index is 0.201. The number of carbonyl (C=O) groups excluding carboxylic acids is 1. The van der Waals surface area contributed by atoms with E-state index in [0.29, 0.717) is 6.54 Å². The van der Waals surface area contributed by atoms with Crippen LogP contribution in [0, 0.1) is 0 Å². The largest absolute Gasteiger partial charge is 0.359 e. The Balaban J connectivity index is 1.87. The molecule has 1 aromatic rings. The lowest BCUT2D eigenvalue weighted by molar-refractivity contribution is 0.0931. The van der Waals surface area contributed by atoms with Gasteiger partial charge in [-0.2, -0.15) is 11.8 Å². The first-order valence-electron chi connectivity index (χ1n) is 5.33. The summed E-state index contributed by atoms with van der Waals surface area (Å²) in [5, 5.41) is 0. The lowest BCUT2D eigenvalue weighted by Gasteiger charge is -2.17. The zero-order valence-electron chi connectivity index (χ0n) is 8.74. The first kappa shape index (κ1) is 10.8. The minimum Gasteiger partial charge on any atom is -0.359 e. The van der Waals surface area contributed by atoms with Crippen molar-refractivity contribution in [2.45, 2.75) is 6.42 Å². The fourth-order valence-corrected chi connectivity index (χ4v) is 2.67. The predicted octanol–water partition coefficient (Wildman–Crippen LogP) is 1.64. The molecule has 1 aliphatic rings. The molecular formula is C11H16N2OS. The second-order valence-electron chi connectivity index (χ2n) is 3.75. The SMILES string of the molecule is O=C(CN1CCCSCC1)c1ccc[nH]1. The molecule has 2 heterocycles. The fraction of sp³-hybridized carbons (Fsp3) is 0.545. The Morgan fingerprint density at radius 2 is 2.40 bits per heavy atom. The predicted molar refractivity (Wildman–Crippen MR) is 63.5 cm³/mol. The van der Waals surface area contributed by atoms with Crippen molar-refractivity contribution in [3.8, 4) is 0 Å². The molecule has 1 saturated heterocycles. The van der Waals surface area contributed by atoms with Crippen molar-refractivity contribution < 1.29 is 4.79 Å². The average Bonchev–Trinajstić information content (AvgIpc) is 2.65. The zero-order chi connectivity index (χ0) is 10.5. The Labute approximate surface area is 94.2 Å². The van der Waals surface area contributed by atoms with Crippen LogP contribution < -0.4 is 0 Å². The van der Waals surface area contributed by atoms with Gasteiger partial charge in [-0.15, -0.1) is 0 Å². The summed E-state index contributed by atoms with van der Waals surface area (Å²) in [6.07, 6.45) is 2.99. The lowest BCUT2D eigenvalue weighted by Crippen LogP contribution is -2.31. The Bertz CT molecular complexity index is 302. The summed E-state index contributed by atoms with van der Waals surface area (Å²) in [7, 11) is 0. The summed E-state index contributed by atoms with van der Waals surface area (Å²) < 4.78 is 0. The number of nitrogens with zero attached hydrogens (tertiary/aromatic N) is 1. The molecule has 0 aromatic carbocycles. The Morgan fingerprint density at radius 1 is 1.47 bits per heavy atom. The summed E-state index contributed by atoms with van der Waals surface area (Å²) in [6.45, 7) is 2.65. The molecule has 1 aromatic heterocycles. The van der Waals surface area contributed by atoms with E-state index in [1.165, 1.54) is 12.2 Å². The highest BCUT2D eigenvalue weighted by Crippen LogP contribution is 2.10. The number of hydrogen-bond acceptors (Lipinski definition) is 3. The molecule has 1 fully saturated rings. The van der Waals surface area contributed by atoms with Crippen LogP contribution >= 0.6 is 11.8 Å². The van der Waals surface area contributed by atoms with Gasteiger partial charge in [0.15, 0.2) is 5.78 Å². The monoisotopic (exact) mass is 224 g/mol. The smallest absolute Gasteiger partial charge is 0.192 e. The number of thioether (sulfide) groups is 1. The van der Waals surface area contributed by atoms with Crippen LogP contribution in [-0.4, -0.2) is 46.8 Å². The molecule has 0 unspecified atom stereocenters. The third-order valence-corrected chi connectivity index (χ3v) is 3.63. The van der Waals surface area contributed by atoms with Gasteiger partial charge in [0.2, 0.25) is 0 Å². The van der Waals surface area contributed by atoms with Gasteiger partial charge in [0, 0.05) is 18.5 Å². The maximum absolute atomic E-state index is 11.8. The second kappa shape index (κ2) is 5.37. The fourth-order valence-electron chi connectivity index (χ4n) is 1.75. The number of ketones is 1. The highest BCUT2D eigenvalue weighted by molar-refractivity contribution is 7.99. The first-order valence-corrected chi connectivity index (χ1v) is 6.48. The summed E-state index contributed by atoms with van der Waals surface area (Å²) >= 11 is 1.98. The van der Waals surface area contributed by atoms with Gasteiger partial charge in [0.05, 0.1) is 12.2 Å². The highest BCUT2D eigenvalue weighted by Gasteiger charge is 2.14. The molecular weight excluding hydrogens is 208 g/mol. The molecule has 2 rings (SSSR count). The molecule has 1 N–H and O–H groups in total. The molecule has 0 spiro atoms. The number of aromatic amines is 1. The van der Waals surface area contributed by atoms with Gasteiger partial charge in [0.1, 0.15) is 0 Å². The van der Waals surface area contributed by atoms with E-state index in [0.717, 1.165) is 24.5 Å². The summed E-state index contributed by atoms with van der Waals surface area (Å²) in [5.74, 6) is 2.58. The molecule has 0 bridgehead atoms. The lowest BCUT2D eigenvalue weighted by atomic mass is 10.2. The summed E-state index contributed by atoms with van der Waals surface area (Å²) in [6, 6.07) is 3.71. The van der Waals surface area contributed by atoms with Crippen molar-refractivity contribution in [3.05, 3.63) is 24.0 Å². The van der Waals surface area contributed by atoms with Crippen LogP contribution in [0.15, 0.2) is 18.3 Å². The number of H-pyrrole nitrogens is 1. The van der Waals surface area contributed by atoms with Gasteiger partial charge in [-0.25, -0.2) is 0 Å². The van der Waals surface area contributed by atoms with E-state index in [9.17, 15) is 4.79 Å². The van der Waals surface area contributed by atoms with Gasteiger partial charge in [-0.3, -0.25) is 9.69 Å². The summed E-state index contributed by atoms with van der Waals surface area (Å²) in [5.41, 5.74) is 0.729. The van der Waals surface area contributed by atoms with Gasteiger partial charge in [0.25, 0.3) is 0 Å². The van der Waals surface area contributed by atoms with Crippen LogP contribution in [-0.2, 0) is 0 Å². The minimum atomic E-state index is 0.201. The molecule has 1 aliphatic heterocycles. The standard InChI is InChI=1S/C11H16N2OS/c14-11(10-3-1-4-12-10)9-13-5-2-7-15-8-6-13/h1,3-4,12H,2,5-9H2. The van der Waals surface area contributed by atoms with Crippen LogP contribution in [0.25, 0.3) is 0 Å². The van der Waals surface area contributed by atoms with E-state index in [1.54, 1.807) is 6.20 Å². The normalized spacial score (nSPS) is 18.7. The average molecular weight is 224 g/mol. The van der Waals surface area contributed by atoms with E-state index in [2.05, 4.69) is 9.88 Å². The molecule has 0 saturated carbocycles. The number of Topliss-reactive ketones (excluding diaryl/α,β-unsaturated/α-hetero) is 1. The van der Waals surface area contributed by atoms with E-state index >= 15 is 0 Å². The van der Waals surface area contributed by atoms with Crippen molar-refractivity contribution in [1.29, 1.82) is 0 Å². The Hall–Kier alpha value is -0.740. The third kappa shape index (κ3) is 3.11. The number of hydrogen-bond donors (Lipinski definition) is 1. The van der Waals surface area contributed by atoms with E-state index < -0.39 is 0 Å². The maximum atomic E-state index is 11.8. The van der Waals surface area contributed by atoms with Gasteiger partial charge < -0.3 is 4.98 Å². The van der Waals surface area contributed by atoms with E-state index in [1.807, 2.05) is 23.9 Å². The van der Waals surface area contributed by atoms with Crippen molar-refractivity contribution in [2.75, 3.05) is 31.1 Å². The molecule has 0 amide bonds. The van der Waals surface area contributed by atoms with Crippen LogP contribution in [0.3, 0.4) is 0 Å². The van der Waals surface area contributed by atoms with E-state index in [4.69, 9.17) is 0 Å². The number of carbonyl (C=O) groups is 1. The van der Waals surface area contributed by atoms with Gasteiger partial charge in [-0.05, 0) is 30.9 Å². The van der Waals surface area contributed by atoms with E-state index in [-0.39, 0.29) is 5.78 Å². The quantitative estimate of drug-likeness (QED) is 0.793. The molecule has 82 valence electrons. The van der Waals surface area contributed by atoms with Crippen molar-refractivity contribution in [2.24, 2.45) is 0 Å². The summed E-state index contributed by atoms with van der Waals surface area (Å²) in [4.78, 5) is 17.0. The van der Waals surface area contributed by atoms with Gasteiger partial charge in [-0.1, -0.05) is 0 Å². The number of nitrogens with one attached hydrogen (secondary N) is 1. The third-order valence-electron chi connectivity index (χ3n) is 2.58. The number of rotatable bonds is 3. The molecule has 0 aliphatic carbocycles. The first-order chi connectivity index (χ1) is 7.36. The Kier molecular flexibility index (Phi) is 3.86. The van der Waals surface area contributed by atoms with Crippen molar-refractivity contribution >= 4 is 17.5 Å². The topological polar surface area (TPSA) is 36.1 Å². The highest BCUT2D eigenvalue weighted by atomic mass is 32.2. The Morgan fingerprint density at radius 3 is 3.20 bits per heavy atom. The number of aromatic nitrogens is 1. The van der Waals surface area contributed by atoms with Crippen LogP contribution in [0.2, 0.25) is 0 Å². The molecule has 15 heavy (non-hydrogen) atoms. The molecule has 0 radical (unpaired) electrons. The second-order valence-corrected chi connectivity index (χ2v) is 4.97. The van der Waals surface area contributed by atoms with Crippen molar-refractivity contribution in [3.63, 3.8) is 0 Å². The van der Waals surface area contributed by atoms with Crippen molar-refractivity contribution in [1.82, 2.24) is 9.88 Å². The van der Waals surface area contributed by atoms with Gasteiger partial charge >= 0.3 is 0 Å². The molecule has 0 atom stereocenters. The zero-order valence-corrected chi connectivity index (χ0v) is 9.55. The maximum Gasteiger partial charge on any atom is 0.192 e. The molecule has 3 nitrogen and oxygen atoms in total.